The molecule has 0 unspecified atom stereocenters. The fourth-order valence-electron chi connectivity index (χ4n) is 3.84. The van der Waals surface area contributed by atoms with Crippen molar-refractivity contribution in [2.45, 2.75) is 49.8 Å². The lowest BCUT2D eigenvalue weighted by Crippen LogP contribution is -2.40. The van der Waals surface area contributed by atoms with Crippen molar-refractivity contribution in [3.63, 3.8) is 0 Å². The largest absolute Gasteiger partial charge is 0.433 e. The zero-order valence-electron chi connectivity index (χ0n) is 15.1. The molecule has 0 aliphatic carbocycles. The summed E-state index contributed by atoms with van der Waals surface area (Å²) in [6, 6.07) is 20.3. The van der Waals surface area contributed by atoms with E-state index in [1.54, 1.807) is 0 Å². The molecule has 4 nitrogen and oxygen atoms in total. The highest BCUT2D eigenvalue weighted by Crippen LogP contribution is 2.46. The molecule has 0 saturated carbocycles. The molecule has 0 radical (unpaired) electrons. The molecule has 0 N–H and O–H groups in total. The van der Waals surface area contributed by atoms with E-state index in [2.05, 4.69) is 46.9 Å². The van der Waals surface area contributed by atoms with E-state index in [0.29, 0.717) is 19.3 Å². The number of hydrogen-bond donors (Lipinski definition) is 0. The summed E-state index contributed by atoms with van der Waals surface area (Å²) in [5.74, 6) is -1.02. The Morgan fingerprint density at radius 3 is 2.11 bits per heavy atom. The molecule has 4 rings (SSSR count). The van der Waals surface area contributed by atoms with Crippen LogP contribution in [0.2, 0.25) is 0 Å². The van der Waals surface area contributed by atoms with Gasteiger partial charge in [0.15, 0.2) is 0 Å². The second-order valence-electron chi connectivity index (χ2n) is 7.12. The minimum absolute atomic E-state index is 0.0853. The molecule has 2 aromatic carbocycles. The minimum atomic E-state index is -0.849. The predicted octanol–water partition coefficient (Wildman–Crippen LogP) is 5.13. The average molecular weight is 478 g/mol. The Bertz CT molecular complexity index is 766. The van der Waals surface area contributed by atoms with Gasteiger partial charge in [0.2, 0.25) is 5.79 Å². The maximum atomic E-state index is 11.9. The molecule has 0 aromatic heterocycles. The van der Waals surface area contributed by atoms with Gasteiger partial charge in [-0.25, -0.2) is 0 Å². The van der Waals surface area contributed by atoms with Crippen molar-refractivity contribution in [1.29, 1.82) is 0 Å². The van der Waals surface area contributed by atoms with Crippen LogP contribution in [0, 0.1) is 0 Å². The number of carbonyl (C=O) groups excluding carboxylic acids is 1. The number of alkyl halides is 1. The Morgan fingerprint density at radius 2 is 1.56 bits per heavy atom. The molecular weight excluding hydrogens is 455 g/mol. The van der Waals surface area contributed by atoms with Crippen LogP contribution in [-0.4, -0.2) is 22.3 Å². The fraction of sp³-hybridized carbons (Fsp3) is 0.409. The van der Waals surface area contributed by atoms with E-state index >= 15 is 0 Å². The van der Waals surface area contributed by atoms with Gasteiger partial charge in [-0.05, 0) is 17.5 Å². The third-order valence-electron chi connectivity index (χ3n) is 5.24. The van der Waals surface area contributed by atoms with Crippen LogP contribution >= 0.6 is 22.6 Å². The molecule has 5 heteroatoms. The monoisotopic (exact) mass is 478 g/mol. The van der Waals surface area contributed by atoms with Crippen molar-refractivity contribution in [2.24, 2.45) is 0 Å². The quantitative estimate of drug-likeness (QED) is 0.349. The fourth-order valence-corrected chi connectivity index (χ4v) is 4.48. The minimum Gasteiger partial charge on any atom is -0.433 e. The number of rotatable bonds is 3. The van der Waals surface area contributed by atoms with Gasteiger partial charge in [-0.2, -0.15) is 0 Å². The Kier molecular flexibility index (Phi) is 5.80. The van der Waals surface area contributed by atoms with Crippen molar-refractivity contribution in [2.75, 3.05) is 4.43 Å². The smallest absolute Gasteiger partial charge is 0.308 e. The summed E-state index contributed by atoms with van der Waals surface area (Å²) in [6.07, 6.45) is 1.97. The Morgan fingerprint density at radius 1 is 0.926 bits per heavy atom. The maximum Gasteiger partial charge on any atom is 0.308 e. The first kappa shape index (κ1) is 18.9. The van der Waals surface area contributed by atoms with Gasteiger partial charge in [-0.1, -0.05) is 83.3 Å². The van der Waals surface area contributed by atoms with Gasteiger partial charge in [0.25, 0.3) is 0 Å². The molecular formula is C22H23IO4. The molecule has 0 amide bonds. The normalized spacial score (nSPS) is 31.3. The third kappa shape index (κ3) is 4.20. The standard InChI is InChI=1S/C22H23IO4/c23-15-18-11-13-22(14-12-19(24)26-22)27-21(17-9-5-2-6-10-17)20(25-18)16-7-3-1-4-8-16/h1-10,18,20-21H,11-15H2/t18-,20+,21+,22-/m0/s1. The molecule has 2 fully saturated rings. The van der Waals surface area contributed by atoms with Gasteiger partial charge < -0.3 is 14.2 Å². The number of carbonyl (C=O) groups is 1. The first-order valence-corrected chi connectivity index (χ1v) is 10.9. The molecule has 2 aromatic rings. The molecule has 4 atom stereocenters. The van der Waals surface area contributed by atoms with E-state index < -0.39 is 5.79 Å². The number of halogens is 1. The number of hydrogen-bond acceptors (Lipinski definition) is 4. The van der Waals surface area contributed by atoms with Crippen molar-refractivity contribution >= 4 is 28.6 Å². The van der Waals surface area contributed by atoms with Gasteiger partial charge in [0.1, 0.15) is 12.2 Å². The van der Waals surface area contributed by atoms with E-state index in [0.717, 1.165) is 22.0 Å². The Hall–Kier alpha value is -1.44. The summed E-state index contributed by atoms with van der Waals surface area (Å²) in [5.41, 5.74) is 2.10. The molecule has 0 bridgehead atoms. The second-order valence-corrected chi connectivity index (χ2v) is 8.00. The van der Waals surface area contributed by atoms with Crippen molar-refractivity contribution in [1.82, 2.24) is 0 Å². The number of benzene rings is 2. The maximum absolute atomic E-state index is 11.9. The van der Waals surface area contributed by atoms with Crippen molar-refractivity contribution < 1.29 is 19.0 Å². The third-order valence-corrected chi connectivity index (χ3v) is 6.22. The highest BCUT2D eigenvalue weighted by atomic mass is 127. The summed E-state index contributed by atoms with van der Waals surface area (Å²) in [6.45, 7) is 0. The van der Waals surface area contributed by atoms with Crippen LogP contribution in [0.25, 0.3) is 0 Å². The van der Waals surface area contributed by atoms with E-state index in [1.165, 1.54) is 0 Å². The number of esters is 1. The van der Waals surface area contributed by atoms with E-state index in [-0.39, 0.29) is 24.3 Å². The highest BCUT2D eigenvalue weighted by molar-refractivity contribution is 14.1. The predicted molar refractivity (Wildman–Crippen MR) is 111 cm³/mol. The van der Waals surface area contributed by atoms with Crippen LogP contribution in [-0.2, 0) is 19.0 Å². The first-order valence-electron chi connectivity index (χ1n) is 9.40. The molecule has 2 aliphatic rings. The van der Waals surface area contributed by atoms with Gasteiger partial charge in [0, 0.05) is 17.3 Å². The molecule has 2 heterocycles. The van der Waals surface area contributed by atoms with Crippen LogP contribution < -0.4 is 0 Å². The zero-order chi connectivity index (χ0) is 18.7. The van der Waals surface area contributed by atoms with Crippen LogP contribution in [0.3, 0.4) is 0 Å². The Balaban J connectivity index is 1.77. The molecule has 2 aliphatic heterocycles. The lowest BCUT2D eigenvalue weighted by atomic mass is 9.94. The highest BCUT2D eigenvalue weighted by Gasteiger charge is 2.47. The van der Waals surface area contributed by atoms with Crippen LogP contribution in [0.4, 0.5) is 0 Å². The first-order chi connectivity index (χ1) is 13.2. The lowest BCUT2D eigenvalue weighted by Gasteiger charge is -2.40. The Labute approximate surface area is 173 Å². The lowest BCUT2D eigenvalue weighted by molar-refractivity contribution is -0.273. The summed E-state index contributed by atoms with van der Waals surface area (Å²) >= 11 is 2.37. The number of ether oxygens (including phenoxy) is 3. The average Bonchev–Trinajstić information content (AvgIpc) is 3.08. The van der Waals surface area contributed by atoms with Crippen LogP contribution in [0.15, 0.2) is 60.7 Å². The molecule has 2 saturated heterocycles. The van der Waals surface area contributed by atoms with Gasteiger partial charge in [0.05, 0.1) is 12.5 Å². The summed E-state index contributed by atoms with van der Waals surface area (Å²) in [4.78, 5) is 11.9. The molecule has 27 heavy (non-hydrogen) atoms. The van der Waals surface area contributed by atoms with Crippen molar-refractivity contribution in [3.8, 4) is 0 Å². The van der Waals surface area contributed by atoms with Gasteiger partial charge in [-0.3, -0.25) is 4.79 Å². The van der Waals surface area contributed by atoms with Crippen LogP contribution in [0.5, 0.6) is 0 Å². The topological polar surface area (TPSA) is 44.8 Å². The van der Waals surface area contributed by atoms with E-state index in [9.17, 15) is 4.79 Å². The second kappa shape index (κ2) is 8.29. The SMILES string of the molecule is O=C1CC[C@@]2(CC[C@@H](CI)O[C@H](c3ccccc3)[C@@H](c3ccccc3)O2)O1. The molecule has 142 valence electrons. The van der Waals surface area contributed by atoms with E-state index in [1.807, 2.05) is 36.4 Å². The van der Waals surface area contributed by atoms with Crippen molar-refractivity contribution in [3.05, 3.63) is 71.8 Å². The summed E-state index contributed by atoms with van der Waals surface area (Å²) < 4.78 is 19.8. The summed E-state index contributed by atoms with van der Waals surface area (Å²) in [7, 11) is 0. The molecule has 1 spiro atoms. The van der Waals surface area contributed by atoms with Gasteiger partial charge >= 0.3 is 5.97 Å². The zero-order valence-corrected chi connectivity index (χ0v) is 17.2. The van der Waals surface area contributed by atoms with E-state index in [4.69, 9.17) is 14.2 Å². The van der Waals surface area contributed by atoms with Crippen LogP contribution in [0.1, 0.15) is 49.0 Å². The van der Waals surface area contributed by atoms with Gasteiger partial charge in [-0.15, -0.1) is 0 Å². The summed E-state index contributed by atoms with van der Waals surface area (Å²) in [5, 5.41) is 0.